The minimum Gasteiger partial charge on any atom is -0.480 e. The smallest absolute Gasteiger partial charge is 0.414 e. The number of rotatable bonds is 3. The molecule has 0 aromatic heterocycles. The molecule has 0 spiro atoms. The fraction of sp³-hybridized carbons (Fsp3) is 0.211. The first kappa shape index (κ1) is 16.7. The van der Waals surface area contributed by atoms with Gasteiger partial charge in [-0.15, -0.1) is 0 Å². The fourth-order valence-corrected chi connectivity index (χ4v) is 3.22. The number of imide groups is 1. The molecule has 3 rings (SSSR count). The van der Waals surface area contributed by atoms with Gasteiger partial charge in [-0.1, -0.05) is 54.6 Å². The lowest BCUT2D eigenvalue weighted by Crippen LogP contribution is -2.52. The van der Waals surface area contributed by atoms with Crippen molar-refractivity contribution >= 4 is 18.0 Å². The topological polar surface area (TPSA) is 94.9 Å². The first-order chi connectivity index (χ1) is 12.0. The third kappa shape index (κ3) is 3.38. The van der Waals surface area contributed by atoms with Crippen LogP contribution in [0.1, 0.15) is 24.3 Å². The second-order valence-electron chi connectivity index (χ2n) is 6.03. The number of carbonyl (C=O) groups is 3. The van der Waals surface area contributed by atoms with E-state index >= 15 is 0 Å². The lowest BCUT2D eigenvalue weighted by Gasteiger charge is -2.33. The fourth-order valence-electron chi connectivity index (χ4n) is 3.22. The molecule has 1 fully saturated rings. The molecule has 128 valence electrons. The van der Waals surface area contributed by atoms with Gasteiger partial charge in [-0.25, -0.2) is 14.5 Å². The molecule has 2 aromatic carbocycles. The maximum absolute atomic E-state index is 12.1. The quantitative estimate of drug-likeness (QED) is 0.895. The monoisotopic (exact) mass is 339 g/mol. The number of hydrogen-bond acceptors (Lipinski definition) is 3. The van der Waals surface area contributed by atoms with E-state index < -0.39 is 24.0 Å². The van der Waals surface area contributed by atoms with E-state index in [0.717, 1.165) is 16.7 Å². The SMILES string of the molecule is O=C(O)[C@H]1CC(c2ccc(-c3ccccc3)cc2)CC(=O)N1C(=O)O. The lowest BCUT2D eigenvalue weighted by molar-refractivity contribution is -0.151. The van der Waals surface area contributed by atoms with Crippen LogP contribution in [0.3, 0.4) is 0 Å². The molecule has 2 N–H and O–H groups in total. The third-order valence-corrected chi connectivity index (χ3v) is 4.49. The van der Waals surface area contributed by atoms with E-state index in [1.807, 2.05) is 54.6 Å². The second kappa shape index (κ2) is 6.76. The van der Waals surface area contributed by atoms with E-state index in [0.29, 0.717) is 4.90 Å². The zero-order valence-corrected chi connectivity index (χ0v) is 13.3. The van der Waals surface area contributed by atoms with Gasteiger partial charge in [0.1, 0.15) is 6.04 Å². The van der Waals surface area contributed by atoms with Crippen molar-refractivity contribution in [3.8, 4) is 11.1 Å². The van der Waals surface area contributed by atoms with Gasteiger partial charge < -0.3 is 10.2 Å². The Hall–Kier alpha value is -3.15. The van der Waals surface area contributed by atoms with Crippen molar-refractivity contribution in [2.24, 2.45) is 0 Å². The van der Waals surface area contributed by atoms with Gasteiger partial charge in [-0.3, -0.25) is 4.79 Å². The predicted octanol–water partition coefficient (Wildman–Crippen LogP) is 3.19. The van der Waals surface area contributed by atoms with Crippen LogP contribution < -0.4 is 0 Å². The number of carbonyl (C=O) groups excluding carboxylic acids is 1. The number of likely N-dealkylation sites (tertiary alicyclic amines) is 1. The number of amides is 2. The Morgan fingerprint density at radius 1 is 0.920 bits per heavy atom. The van der Waals surface area contributed by atoms with E-state index in [1.54, 1.807) is 0 Å². The number of aliphatic carboxylic acids is 1. The molecule has 6 heteroatoms. The van der Waals surface area contributed by atoms with Crippen molar-refractivity contribution < 1.29 is 24.6 Å². The molecular weight excluding hydrogens is 322 g/mol. The van der Waals surface area contributed by atoms with Gasteiger partial charge in [0, 0.05) is 6.42 Å². The highest BCUT2D eigenvalue weighted by molar-refractivity contribution is 5.97. The number of carboxylic acids is 1. The highest BCUT2D eigenvalue weighted by Crippen LogP contribution is 2.33. The van der Waals surface area contributed by atoms with Crippen LogP contribution in [0.2, 0.25) is 0 Å². The van der Waals surface area contributed by atoms with Crippen LogP contribution in [0.5, 0.6) is 0 Å². The van der Waals surface area contributed by atoms with Crippen LogP contribution >= 0.6 is 0 Å². The van der Waals surface area contributed by atoms with Crippen molar-refractivity contribution in [1.82, 2.24) is 4.90 Å². The third-order valence-electron chi connectivity index (χ3n) is 4.49. The van der Waals surface area contributed by atoms with Gasteiger partial charge in [-0.05, 0) is 29.0 Å². The van der Waals surface area contributed by atoms with Crippen LogP contribution in [-0.4, -0.2) is 39.1 Å². The Labute approximate surface area is 144 Å². The maximum atomic E-state index is 12.1. The van der Waals surface area contributed by atoms with Crippen LogP contribution in [0, 0.1) is 0 Å². The van der Waals surface area contributed by atoms with E-state index in [-0.39, 0.29) is 18.8 Å². The number of nitrogens with zero attached hydrogens (tertiary/aromatic N) is 1. The second-order valence-corrected chi connectivity index (χ2v) is 6.03. The Morgan fingerprint density at radius 3 is 2.08 bits per heavy atom. The summed E-state index contributed by atoms with van der Waals surface area (Å²) in [6, 6.07) is 16.0. The molecule has 1 aliphatic heterocycles. The standard InChI is InChI=1S/C19H17NO5/c21-17-11-15(10-16(18(22)23)20(17)19(24)25)14-8-6-13(7-9-14)12-4-2-1-3-5-12/h1-9,15-16H,10-11H2,(H,22,23)(H,24,25)/t15?,16-/m1/s1. The molecule has 2 amide bonds. The van der Waals surface area contributed by atoms with Crippen molar-refractivity contribution in [2.45, 2.75) is 24.8 Å². The molecular formula is C19H17NO5. The molecule has 0 saturated carbocycles. The Kier molecular flexibility index (Phi) is 4.52. The van der Waals surface area contributed by atoms with Gasteiger partial charge in [0.25, 0.3) is 0 Å². The zero-order chi connectivity index (χ0) is 18.0. The summed E-state index contributed by atoms with van der Waals surface area (Å²) in [6.45, 7) is 0. The highest BCUT2D eigenvalue weighted by Gasteiger charge is 2.42. The van der Waals surface area contributed by atoms with E-state index in [1.165, 1.54) is 0 Å². The molecule has 1 aliphatic rings. The van der Waals surface area contributed by atoms with Crippen LogP contribution in [0.25, 0.3) is 11.1 Å². The van der Waals surface area contributed by atoms with Crippen molar-refractivity contribution in [2.75, 3.05) is 0 Å². The van der Waals surface area contributed by atoms with Crippen LogP contribution in [0.15, 0.2) is 54.6 Å². The summed E-state index contributed by atoms with van der Waals surface area (Å²) in [5.41, 5.74) is 2.92. The maximum Gasteiger partial charge on any atom is 0.414 e. The molecule has 1 unspecified atom stereocenters. The normalized spacial score (nSPS) is 20.3. The summed E-state index contributed by atoms with van der Waals surface area (Å²) < 4.78 is 0. The van der Waals surface area contributed by atoms with Gasteiger partial charge in [0.05, 0.1) is 0 Å². The summed E-state index contributed by atoms with van der Waals surface area (Å²) >= 11 is 0. The van der Waals surface area contributed by atoms with Crippen molar-refractivity contribution in [3.05, 3.63) is 60.2 Å². The zero-order valence-electron chi connectivity index (χ0n) is 13.3. The highest BCUT2D eigenvalue weighted by atomic mass is 16.4. The minimum absolute atomic E-state index is 0.0131. The number of hydrogen-bond donors (Lipinski definition) is 2. The minimum atomic E-state index is -1.52. The molecule has 2 aromatic rings. The molecule has 1 heterocycles. The van der Waals surface area contributed by atoms with E-state index in [4.69, 9.17) is 5.11 Å². The molecule has 0 radical (unpaired) electrons. The predicted molar refractivity (Wildman–Crippen MR) is 90.1 cm³/mol. The molecule has 1 saturated heterocycles. The average Bonchev–Trinajstić information content (AvgIpc) is 2.61. The van der Waals surface area contributed by atoms with Crippen LogP contribution in [-0.2, 0) is 9.59 Å². The Morgan fingerprint density at radius 2 is 1.52 bits per heavy atom. The number of benzene rings is 2. The van der Waals surface area contributed by atoms with Gasteiger partial charge >= 0.3 is 12.1 Å². The summed E-state index contributed by atoms with van der Waals surface area (Å²) in [4.78, 5) is 35.1. The van der Waals surface area contributed by atoms with E-state index in [9.17, 15) is 19.5 Å². The Balaban J connectivity index is 1.83. The number of piperidine rings is 1. The van der Waals surface area contributed by atoms with Crippen molar-refractivity contribution in [3.63, 3.8) is 0 Å². The summed E-state index contributed by atoms with van der Waals surface area (Å²) in [7, 11) is 0. The van der Waals surface area contributed by atoms with Gasteiger partial charge in [0.2, 0.25) is 5.91 Å². The van der Waals surface area contributed by atoms with Crippen LogP contribution in [0.4, 0.5) is 4.79 Å². The molecule has 0 aliphatic carbocycles. The first-order valence-electron chi connectivity index (χ1n) is 7.90. The molecule has 25 heavy (non-hydrogen) atoms. The molecule has 6 nitrogen and oxygen atoms in total. The first-order valence-corrected chi connectivity index (χ1v) is 7.90. The summed E-state index contributed by atoms with van der Waals surface area (Å²) in [5.74, 6) is -2.29. The van der Waals surface area contributed by atoms with Gasteiger partial charge in [-0.2, -0.15) is 0 Å². The molecule has 0 bridgehead atoms. The summed E-state index contributed by atoms with van der Waals surface area (Å²) in [6.07, 6.45) is -1.45. The number of carboxylic acid groups (broad SMARTS) is 2. The molecule has 2 atom stereocenters. The van der Waals surface area contributed by atoms with E-state index in [2.05, 4.69) is 0 Å². The Bertz CT molecular complexity index is 800. The average molecular weight is 339 g/mol. The lowest BCUT2D eigenvalue weighted by atomic mass is 9.84. The largest absolute Gasteiger partial charge is 0.480 e. The van der Waals surface area contributed by atoms with Crippen molar-refractivity contribution in [1.29, 1.82) is 0 Å². The summed E-state index contributed by atoms with van der Waals surface area (Å²) in [5, 5.41) is 18.4. The van der Waals surface area contributed by atoms with Gasteiger partial charge in [0.15, 0.2) is 0 Å².